The summed E-state index contributed by atoms with van der Waals surface area (Å²) >= 11 is 10.1. The van der Waals surface area contributed by atoms with E-state index in [4.69, 9.17) is 16.6 Å². The number of likely N-dealkylation sites (tertiary alicyclic amines) is 1. The van der Waals surface area contributed by atoms with Gasteiger partial charge in [-0.3, -0.25) is 0 Å². The normalized spacial score (nSPS) is 23.3. The molecule has 1 saturated heterocycles. The van der Waals surface area contributed by atoms with Crippen molar-refractivity contribution in [2.45, 2.75) is 57.5 Å². The van der Waals surface area contributed by atoms with Crippen LogP contribution in [0, 0.1) is 5.92 Å². The topological polar surface area (TPSA) is 45.5 Å². The maximum atomic E-state index is 6.47. The van der Waals surface area contributed by atoms with Crippen molar-refractivity contribution >= 4 is 39.0 Å². The highest BCUT2D eigenvalue weighted by molar-refractivity contribution is 9.10. The quantitative estimate of drug-likeness (QED) is 0.457. The Morgan fingerprint density at radius 2 is 1.81 bits per heavy atom. The summed E-state index contributed by atoms with van der Waals surface area (Å²) in [6.45, 7) is 4.74. The molecule has 2 aromatic heterocycles. The second kappa shape index (κ2) is 9.08. The Morgan fingerprint density at radius 3 is 2.55 bits per heavy atom. The van der Waals surface area contributed by atoms with Crippen LogP contribution in [0.25, 0.3) is 16.9 Å². The van der Waals surface area contributed by atoms with Gasteiger partial charge in [-0.25, -0.2) is 4.98 Å². The van der Waals surface area contributed by atoms with Crippen molar-refractivity contribution in [3.63, 3.8) is 0 Å². The zero-order valence-corrected chi connectivity index (χ0v) is 20.2. The van der Waals surface area contributed by atoms with Crippen LogP contribution in [0.1, 0.15) is 45.4 Å². The van der Waals surface area contributed by atoms with E-state index in [1.807, 2.05) is 28.8 Å². The van der Waals surface area contributed by atoms with Crippen molar-refractivity contribution < 1.29 is 0 Å². The lowest BCUT2D eigenvalue weighted by molar-refractivity contribution is 0.113. The first-order valence-corrected chi connectivity index (χ1v) is 12.6. The SMILES string of the molecule is CC1CCC(N2CCC(Nc3cc(-c4ccccc4Cl)nc4c(Br)cnn34)CC2)CC1. The highest BCUT2D eigenvalue weighted by atomic mass is 79.9. The van der Waals surface area contributed by atoms with Gasteiger partial charge in [0.05, 0.1) is 16.4 Å². The van der Waals surface area contributed by atoms with Crippen LogP contribution in [0.5, 0.6) is 0 Å². The number of hydrogen-bond acceptors (Lipinski definition) is 4. The summed E-state index contributed by atoms with van der Waals surface area (Å²) in [7, 11) is 0. The highest BCUT2D eigenvalue weighted by Crippen LogP contribution is 2.32. The van der Waals surface area contributed by atoms with E-state index in [1.54, 1.807) is 6.20 Å². The molecule has 0 radical (unpaired) electrons. The zero-order valence-electron chi connectivity index (χ0n) is 17.9. The minimum atomic E-state index is 0.437. The summed E-state index contributed by atoms with van der Waals surface area (Å²) < 4.78 is 2.77. The predicted molar refractivity (Wildman–Crippen MR) is 131 cm³/mol. The second-order valence-electron chi connectivity index (χ2n) is 9.10. The van der Waals surface area contributed by atoms with E-state index in [1.165, 1.54) is 38.8 Å². The van der Waals surface area contributed by atoms with Crippen LogP contribution >= 0.6 is 27.5 Å². The fourth-order valence-corrected chi connectivity index (χ4v) is 5.65. The van der Waals surface area contributed by atoms with Crippen molar-refractivity contribution in [2.24, 2.45) is 5.92 Å². The maximum Gasteiger partial charge on any atom is 0.172 e. The van der Waals surface area contributed by atoms with E-state index in [0.29, 0.717) is 11.1 Å². The number of fused-ring (bicyclic) bond motifs is 1. The summed E-state index contributed by atoms with van der Waals surface area (Å²) in [6, 6.07) is 11.2. The first kappa shape index (κ1) is 21.2. The first-order chi connectivity index (χ1) is 15.1. The minimum absolute atomic E-state index is 0.437. The fraction of sp³-hybridized carbons (Fsp3) is 0.500. The lowest BCUT2D eigenvalue weighted by Gasteiger charge is -2.40. The largest absolute Gasteiger partial charge is 0.367 e. The summed E-state index contributed by atoms with van der Waals surface area (Å²) in [5, 5.41) is 9.01. The number of halogens is 2. The van der Waals surface area contributed by atoms with Crippen LogP contribution in [0.3, 0.4) is 0 Å². The predicted octanol–water partition coefficient (Wildman–Crippen LogP) is 6.27. The van der Waals surface area contributed by atoms with Gasteiger partial charge in [0.15, 0.2) is 5.65 Å². The Bertz CT molecular complexity index is 1050. The van der Waals surface area contributed by atoms with Crippen LogP contribution in [-0.4, -0.2) is 44.7 Å². The molecule has 0 unspecified atom stereocenters. The zero-order chi connectivity index (χ0) is 21.4. The molecule has 3 heterocycles. The summed E-state index contributed by atoms with van der Waals surface area (Å²) in [6.07, 6.45) is 9.61. The van der Waals surface area contributed by atoms with Crippen LogP contribution in [-0.2, 0) is 0 Å². The van der Waals surface area contributed by atoms with E-state index in [0.717, 1.165) is 52.0 Å². The molecular formula is C24H29BrClN5. The molecule has 1 saturated carbocycles. The molecule has 2 aliphatic rings. The standard InChI is InChI=1S/C24H29BrClN5/c1-16-6-8-18(9-7-16)30-12-10-17(11-13-30)28-23-14-22(19-4-2-3-5-21(19)26)29-24-20(25)15-27-31(23)24/h2-5,14-18,28H,6-13H2,1H3. The van der Waals surface area contributed by atoms with Gasteiger partial charge in [-0.1, -0.05) is 36.7 Å². The van der Waals surface area contributed by atoms with Gasteiger partial charge in [0.1, 0.15) is 5.82 Å². The summed E-state index contributed by atoms with van der Waals surface area (Å²) in [5.74, 6) is 1.88. The second-order valence-corrected chi connectivity index (χ2v) is 10.4. The molecule has 31 heavy (non-hydrogen) atoms. The molecule has 1 aliphatic heterocycles. The highest BCUT2D eigenvalue weighted by Gasteiger charge is 2.28. The minimum Gasteiger partial charge on any atom is -0.367 e. The van der Waals surface area contributed by atoms with Crippen molar-refractivity contribution in [1.82, 2.24) is 19.5 Å². The van der Waals surface area contributed by atoms with Gasteiger partial charge in [-0.05, 0) is 66.4 Å². The summed E-state index contributed by atoms with van der Waals surface area (Å²) in [5.41, 5.74) is 2.59. The van der Waals surface area contributed by atoms with Gasteiger partial charge < -0.3 is 10.2 Å². The third-order valence-corrected chi connectivity index (χ3v) is 7.85. The number of hydrogen-bond donors (Lipinski definition) is 1. The van der Waals surface area contributed by atoms with Crippen molar-refractivity contribution in [3.8, 4) is 11.3 Å². The molecule has 0 amide bonds. The van der Waals surface area contributed by atoms with Gasteiger partial charge in [0, 0.05) is 41.8 Å². The van der Waals surface area contributed by atoms with Gasteiger partial charge >= 0.3 is 0 Å². The van der Waals surface area contributed by atoms with Crippen LogP contribution in [0.15, 0.2) is 41.0 Å². The lowest BCUT2D eigenvalue weighted by atomic mass is 9.85. The number of nitrogens with zero attached hydrogens (tertiary/aromatic N) is 4. The van der Waals surface area contributed by atoms with Crippen molar-refractivity contribution in [3.05, 3.63) is 46.0 Å². The number of rotatable bonds is 4. The van der Waals surface area contributed by atoms with Gasteiger partial charge in [-0.15, -0.1) is 0 Å². The van der Waals surface area contributed by atoms with Gasteiger partial charge in [0.2, 0.25) is 0 Å². The van der Waals surface area contributed by atoms with Crippen LogP contribution in [0.4, 0.5) is 5.82 Å². The van der Waals surface area contributed by atoms with E-state index >= 15 is 0 Å². The molecule has 0 atom stereocenters. The number of nitrogens with one attached hydrogen (secondary N) is 1. The number of aromatic nitrogens is 3. The molecule has 0 spiro atoms. The van der Waals surface area contributed by atoms with Crippen LogP contribution < -0.4 is 5.32 Å². The third-order valence-electron chi connectivity index (χ3n) is 6.96. The molecule has 0 bridgehead atoms. The molecule has 1 aromatic carbocycles. The van der Waals surface area contributed by atoms with Gasteiger partial charge in [-0.2, -0.15) is 9.61 Å². The van der Waals surface area contributed by atoms with Gasteiger partial charge in [0.25, 0.3) is 0 Å². The maximum absolute atomic E-state index is 6.47. The molecule has 5 rings (SSSR count). The van der Waals surface area contributed by atoms with Crippen LogP contribution in [0.2, 0.25) is 5.02 Å². The van der Waals surface area contributed by atoms with E-state index in [9.17, 15) is 0 Å². The molecule has 7 heteroatoms. The summed E-state index contributed by atoms with van der Waals surface area (Å²) in [4.78, 5) is 7.55. The van der Waals surface area contributed by atoms with E-state index < -0.39 is 0 Å². The Morgan fingerprint density at radius 1 is 1.06 bits per heavy atom. The molecule has 5 nitrogen and oxygen atoms in total. The van der Waals surface area contributed by atoms with E-state index in [2.05, 4.69) is 44.2 Å². The van der Waals surface area contributed by atoms with Crippen molar-refractivity contribution in [2.75, 3.05) is 18.4 Å². The molecule has 1 N–H and O–H groups in total. The lowest BCUT2D eigenvalue weighted by Crippen LogP contribution is -2.45. The Balaban J connectivity index is 1.34. The van der Waals surface area contributed by atoms with Crippen molar-refractivity contribution in [1.29, 1.82) is 0 Å². The monoisotopic (exact) mass is 501 g/mol. The average Bonchev–Trinajstić information content (AvgIpc) is 3.16. The number of benzene rings is 1. The van der Waals surface area contributed by atoms with E-state index in [-0.39, 0.29) is 0 Å². The Kier molecular flexibility index (Phi) is 6.22. The molecule has 164 valence electrons. The Hall–Kier alpha value is -1.63. The smallest absolute Gasteiger partial charge is 0.172 e. The molecule has 3 aromatic rings. The third kappa shape index (κ3) is 4.48. The number of piperidine rings is 1. The molecular weight excluding hydrogens is 474 g/mol. The average molecular weight is 503 g/mol. The number of anilines is 1. The molecule has 2 fully saturated rings. The molecule has 1 aliphatic carbocycles. The Labute approximate surface area is 197 Å². The first-order valence-electron chi connectivity index (χ1n) is 11.4. The fourth-order valence-electron chi connectivity index (χ4n) is 5.07.